The van der Waals surface area contributed by atoms with E-state index in [0.717, 1.165) is 15.2 Å². The van der Waals surface area contributed by atoms with Crippen molar-refractivity contribution in [2.45, 2.75) is 0 Å². The van der Waals surface area contributed by atoms with Gasteiger partial charge in [0, 0.05) is 19.4 Å². The number of hydrogen-bond donors (Lipinski definition) is 0. The lowest BCUT2D eigenvalue weighted by Crippen LogP contribution is -2.18. The minimum Gasteiger partial charge on any atom is -0.433 e. The summed E-state index contributed by atoms with van der Waals surface area (Å²) in [5, 5.41) is 2.12. The van der Waals surface area contributed by atoms with Crippen molar-refractivity contribution >= 4 is 26.7 Å². The Morgan fingerprint density at radius 1 is 1.20 bits per heavy atom. The van der Waals surface area contributed by atoms with Crippen molar-refractivity contribution < 1.29 is 4.74 Å². The lowest BCUT2D eigenvalue weighted by molar-refractivity contribution is 0.447. The van der Waals surface area contributed by atoms with Crippen molar-refractivity contribution in [3.05, 3.63) is 63.6 Å². The Hall–Kier alpha value is -2.14. The van der Waals surface area contributed by atoms with Crippen LogP contribution in [-0.2, 0) is 7.05 Å². The molecule has 0 amide bonds. The number of nitrogens with zero attached hydrogens (tertiary/aromatic N) is 2. The van der Waals surface area contributed by atoms with Crippen LogP contribution in [0.25, 0.3) is 10.8 Å². The molecule has 5 heteroatoms. The normalized spacial score (nSPS) is 10.7. The smallest absolute Gasteiger partial charge is 0.313 e. The van der Waals surface area contributed by atoms with Gasteiger partial charge in [-0.25, -0.2) is 4.98 Å². The fraction of sp³-hybridized carbons (Fsp3) is 0.0667. The Morgan fingerprint density at radius 2 is 2.00 bits per heavy atom. The van der Waals surface area contributed by atoms with Gasteiger partial charge in [0.1, 0.15) is 5.75 Å². The fourth-order valence-corrected chi connectivity index (χ4v) is 2.52. The van der Waals surface area contributed by atoms with Gasteiger partial charge in [-0.15, -0.1) is 0 Å². The van der Waals surface area contributed by atoms with Crippen molar-refractivity contribution in [3.8, 4) is 11.6 Å². The number of halogens is 1. The number of benzene rings is 2. The summed E-state index contributed by atoms with van der Waals surface area (Å²) in [6, 6.07) is 11.7. The third-order valence-corrected chi connectivity index (χ3v) is 3.84. The zero-order valence-corrected chi connectivity index (χ0v) is 12.3. The molecular weight excluding hydrogens is 320 g/mol. The van der Waals surface area contributed by atoms with Crippen LogP contribution in [0.15, 0.2) is 58.1 Å². The first-order valence-corrected chi connectivity index (χ1v) is 6.83. The molecule has 0 bridgehead atoms. The molecule has 4 nitrogen and oxygen atoms in total. The van der Waals surface area contributed by atoms with Gasteiger partial charge in [-0.1, -0.05) is 30.3 Å². The van der Waals surface area contributed by atoms with Crippen LogP contribution in [0.4, 0.5) is 0 Å². The van der Waals surface area contributed by atoms with Crippen molar-refractivity contribution in [2.24, 2.45) is 7.05 Å². The second kappa shape index (κ2) is 5.09. The van der Waals surface area contributed by atoms with Gasteiger partial charge >= 0.3 is 5.56 Å². The van der Waals surface area contributed by atoms with Gasteiger partial charge in [0.2, 0.25) is 0 Å². The molecule has 0 saturated carbocycles. The van der Waals surface area contributed by atoms with E-state index in [1.54, 1.807) is 13.2 Å². The molecule has 0 radical (unpaired) electrons. The van der Waals surface area contributed by atoms with Gasteiger partial charge in [-0.2, -0.15) is 0 Å². The second-order valence-corrected chi connectivity index (χ2v) is 5.14. The zero-order chi connectivity index (χ0) is 14.1. The van der Waals surface area contributed by atoms with Gasteiger partial charge in [-0.05, 0) is 32.8 Å². The number of ether oxygens (including phenoxy) is 1. The number of hydrogen-bond acceptors (Lipinski definition) is 3. The highest BCUT2D eigenvalue weighted by molar-refractivity contribution is 9.10. The monoisotopic (exact) mass is 330 g/mol. The predicted molar refractivity (Wildman–Crippen MR) is 81.2 cm³/mol. The first-order chi connectivity index (χ1) is 9.66. The Bertz CT molecular complexity index is 843. The molecule has 0 aliphatic rings. The Labute approximate surface area is 123 Å². The van der Waals surface area contributed by atoms with Gasteiger partial charge in [0.25, 0.3) is 5.88 Å². The van der Waals surface area contributed by atoms with Crippen molar-refractivity contribution in [2.75, 3.05) is 0 Å². The van der Waals surface area contributed by atoms with Crippen molar-refractivity contribution in [1.29, 1.82) is 0 Å². The first-order valence-electron chi connectivity index (χ1n) is 6.03. The Morgan fingerprint density at radius 3 is 2.85 bits per heavy atom. The van der Waals surface area contributed by atoms with E-state index in [1.165, 1.54) is 10.8 Å². The zero-order valence-electron chi connectivity index (χ0n) is 10.7. The van der Waals surface area contributed by atoms with E-state index in [9.17, 15) is 4.79 Å². The van der Waals surface area contributed by atoms with Crippen LogP contribution >= 0.6 is 15.9 Å². The van der Waals surface area contributed by atoms with E-state index in [2.05, 4.69) is 20.9 Å². The summed E-state index contributed by atoms with van der Waals surface area (Å²) in [6.45, 7) is 0. The van der Waals surface area contributed by atoms with Gasteiger partial charge in [0.15, 0.2) is 0 Å². The largest absolute Gasteiger partial charge is 0.433 e. The molecule has 0 aliphatic carbocycles. The molecule has 3 rings (SSSR count). The molecule has 0 saturated heterocycles. The standard InChI is InChI=1S/C15H11BrN2O2/c1-18-9-8-17-14(15(18)19)20-12-7-6-10-4-2-3-5-11(10)13(12)16/h2-9H,1H3. The van der Waals surface area contributed by atoms with Crippen molar-refractivity contribution in [1.82, 2.24) is 9.55 Å². The molecule has 0 fully saturated rings. The second-order valence-electron chi connectivity index (χ2n) is 4.35. The minimum atomic E-state index is -0.271. The lowest BCUT2D eigenvalue weighted by atomic mass is 10.1. The van der Waals surface area contributed by atoms with Crippen LogP contribution in [0.2, 0.25) is 0 Å². The van der Waals surface area contributed by atoms with Crippen LogP contribution in [-0.4, -0.2) is 9.55 Å². The predicted octanol–water partition coefficient (Wildman–Crippen LogP) is 3.49. The van der Waals surface area contributed by atoms with E-state index in [4.69, 9.17) is 4.74 Å². The van der Waals surface area contributed by atoms with E-state index < -0.39 is 0 Å². The van der Waals surface area contributed by atoms with E-state index in [0.29, 0.717) is 5.75 Å². The molecule has 100 valence electrons. The first kappa shape index (κ1) is 12.9. The molecule has 0 N–H and O–H groups in total. The molecule has 0 spiro atoms. The third-order valence-electron chi connectivity index (χ3n) is 3.02. The molecule has 0 unspecified atom stereocenters. The minimum absolute atomic E-state index is 0.0611. The number of aromatic nitrogens is 2. The van der Waals surface area contributed by atoms with E-state index >= 15 is 0 Å². The highest BCUT2D eigenvalue weighted by Gasteiger charge is 2.10. The number of aryl methyl sites for hydroxylation is 1. The summed E-state index contributed by atoms with van der Waals surface area (Å²) in [6.07, 6.45) is 3.12. The van der Waals surface area contributed by atoms with Gasteiger partial charge in [-0.3, -0.25) is 4.79 Å². The fourth-order valence-electron chi connectivity index (χ4n) is 1.94. The molecular formula is C15H11BrN2O2. The van der Waals surface area contributed by atoms with Gasteiger partial charge in [0.05, 0.1) is 4.47 Å². The molecule has 3 aromatic rings. The molecule has 1 heterocycles. The lowest BCUT2D eigenvalue weighted by Gasteiger charge is -2.09. The van der Waals surface area contributed by atoms with Crippen LogP contribution in [0.1, 0.15) is 0 Å². The van der Waals surface area contributed by atoms with Crippen LogP contribution in [0.3, 0.4) is 0 Å². The number of rotatable bonds is 2. The summed E-state index contributed by atoms with van der Waals surface area (Å²) >= 11 is 3.52. The summed E-state index contributed by atoms with van der Waals surface area (Å²) < 4.78 is 7.87. The van der Waals surface area contributed by atoms with Crippen molar-refractivity contribution in [3.63, 3.8) is 0 Å². The maximum Gasteiger partial charge on any atom is 0.313 e. The van der Waals surface area contributed by atoms with E-state index in [-0.39, 0.29) is 11.4 Å². The molecule has 2 aromatic carbocycles. The van der Waals surface area contributed by atoms with Crippen LogP contribution in [0, 0.1) is 0 Å². The molecule has 0 aliphatic heterocycles. The Kier molecular flexibility index (Phi) is 3.28. The highest BCUT2D eigenvalue weighted by atomic mass is 79.9. The van der Waals surface area contributed by atoms with Gasteiger partial charge < -0.3 is 9.30 Å². The highest BCUT2D eigenvalue weighted by Crippen LogP contribution is 2.34. The molecule has 1 aromatic heterocycles. The third kappa shape index (κ3) is 2.20. The Balaban J connectivity index is 2.09. The summed E-state index contributed by atoms with van der Waals surface area (Å²) in [4.78, 5) is 15.9. The quantitative estimate of drug-likeness (QED) is 0.722. The average Bonchev–Trinajstić information content (AvgIpc) is 2.47. The average molecular weight is 331 g/mol. The maximum atomic E-state index is 11.9. The summed E-state index contributed by atoms with van der Waals surface area (Å²) in [7, 11) is 1.66. The molecule has 20 heavy (non-hydrogen) atoms. The topological polar surface area (TPSA) is 44.1 Å². The maximum absolute atomic E-state index is 11.9. The van der Waals surface area contributed by atoms with Crippen LogP contribution < -0.4 is 10.3 Å². The molecule has 0 atom stereocenters. The van der Waals surface area contributed by atoms with Crippen LogP contribution in [0.5, 0.6) is 11.6 Å². The summed E-state index contributed by atoms with van der Waals surface area (Å²) in [5.41, 5.74) is -0.271. The summed E-state index contributed by atoms with van der Waals surface area (Å²) in [5.74, 6) is 0.630. The SMILES string of the molecule is Cn1ccnc(Oc2ccc3ccccc3c2Br)c1=O. The number of fused-ring (bicyclic) bond motifs is 1. The van der Waals surface area contributed by atoms with E-state index in [1.807, 2.05) is 36.4 Å².